The standard InChI is InChI=1S/C23H35N5O4/c1-4-32-21(30)27-14-9-23(31,10-15-27)17-26-12-7-22(8-13-26)16-28(20(29)25(2)3)19-18(22)6-5-11-24-19/h5-6,11,31H,4,7-10,12-17H2,1-3H3. The first-order chi connectivity index (χ1) is 15.3. The summed E-state index contributed by atoms with van der Waals surface area (Å²) in [5.41, 5.74) is 0.299. The van der Waals surface area contributed by atoms with E-state index in [2.05, 4.69) is 16.0 Å². The van der Waals surface area contributed by atoms with Gasteiger partial charge in [-0.2, -0.15) is 0 Å². The average Bonchev–Trinajstić information content (AvgIpc) is 3.10. The Labute approximate surface area is 189 Å². The first-order valence-corrected chi connectivity index (χ1v) is 11.6. The van der Waals surface area contributed by atoms with E-state index in [0.29, 0.717) is 45.6 Å². The highest BCUT2D eigenvalue weighted by atomic mass is 16.6. The number of rotatable bonds is 3. The van der Waals surface area contributed by atoms with Crippen LogP contribution in [-0.4, -0.2) is 102 Å². The zero-order valence-electron chi connectivity index (χ0n) is 19.4. The lowest BCUT2D eigenvalue weighted by Gasteiger charge is -2.44. The highest BCUT2D eigenvalue weighted by Gasteiger charge is 2.48. The molecule has 0 aliphatic carbocycles. The molecular formula is C23H35N5O4. The van der Waals surface area contributed by atoms with Gasteiger partial charge in [-0.1, -0.05) is 6.07 Å². The Morgan fingerprint density at radius 3 is 2.47 bits per heavy atom. The van der Waals surface area contributed by atoms with E-state index in [9.17, 15) is 14.7 Å². The van der Waals surface area contributed by atoms with Gasteiger partial charge in [0, 0.05) is 57.4 Å². The molecule has 0 aromatic carbocycles. The third-order valence-corrected chi connectivity index (χ3v) is 7.24. The van der Waals surface area contributed by atoms with Crippen LogP contribution in [-0.2, 0) is 10.2 Å². The van der Waals surface area contributed by atoms with Gasteiger partial charge in [0.2, 0.25) is 0 Å². The Morgan fingerprint density at radius 1 is 1.16 bits per heavy atom. The molecule has 9 nitrogen and oxygen atoms in total. The lowest BCUT2D eigenvalue weighted by molar-refractivity contribution is -0.0491. The summed E-state index contributed by atoms with van der Waals surface area (Å²) < 4.78 is 5.08. The van der Waals surface area contributed by atoms with Crippen molar-refractivity contribution in [1.29, 1.82) is 0 Å². The number of pyridine rings is 1. The van der Waals surface area contributed by atoms with Crippen LogP contribution in [0.4, 0.5) is 15.4 Å². The number of aromatic nitrogens is 1. The lowest BCUT2D eigenvalue weighted by Crippen LogP contribution is -2.55. The first kappa shape index (κ1) is 22.8. The molecule has 176 valence electrons. The highest BCUT2D eigenvalue weighted by Crippen LogP contribution is 2.46. The normalized spacial score (nSPS) is 22.0. The summed E-state index contributed by atoms with van der Waals surface area (Å²) in [5.74, 6) is 0.782. The Balaban J connectivity index is 1.37. The smallest absolute Gasteiger partial charge is 0.409 e. The van der Waals surface area contributed by atoms with Gasteiger partial charge in [-0.15, -0.1) is 0 Å². The first-order valence-electron chi connectivity index (χ1n) is 11.6. The van der Waals surface area contributed by atoms with Gasteiger partial charge in [0.1, 0.15) is 5.82 Å². The minimum Gasteiger partial charge on any atom is -0.450 e. The van der Waals surface area contributed by atoms with Crippen LogP contribution in [0.15, 0.2) is 18.3 Å². The molecule has 32 heavy (non-hydrogen) atoms. The number of urea groups is 1. The number of nitrogens with zero attached hydrogens (tertiary/aromatic N) is 5. The summed E-state index contributed by atoms with van der Waals surface area (Å²) in [6.07, 6.45) is 4.43. The van der Waals surface area contributed by atoms with Crippen LogP contribution in [0.2, 0.25) is 0 Å². The largest absolute Gasteiger partial charge is 0.450 e. The fourth-order valence-corrected chi connectivity index (χ4v) is 5.35. The van der Waals surface area contributed by atoms with Gasteiger partial charge >= 0.3 is 12.1 Å². The maximum Gasteiger partial charge on any atom is 0.409 e. The average molecular weight is 446 g/mol. The van der Waals surface area contributed by atoms with Gasteiger partial charge in [-0.05, 0) is 51.8 Å². The van der Waals surface area contributed by atoms with Crippen LogP contribution in [0.5, 0.6) is 0 Å². The summed E-state index contributed by atoms with van der Waals surface area (Å²) in [7, 11) is 3.54. The van der Waals surface area contributed by atoms with E-state index in [1.54, 1.807) is 37.0 Å². The van der Waals surface area contributed by atoms with Crippen molar-refractivity contribution in [2.75, 3.05) is 64.9 Å². The lowest BCUT2D eigenvalue weighted by atomic mass is 9.74. The molecule has 3 aliphatic heterocycles. The molecule has 3 aliphatic rings. The third-order valence-electron chi connectivity index (χ3n) is 7.24. The maximum absolute atomic E-state index is 12.7. The second-order valence-corrected chi connectivity index (χ2v) is 9.60. The Morgan fingerprint density at radius 2 is 1.84 bits per heavy atom. The Bertz CT molecular complexity index is 845. The molecular weight excluding hydrogens is 410 g/mol. The molecule has 1 aromatic rings. The molecule has 0 unspecified atom stereocenters. The molecule has 4 rings (SSSR count). The Kier molecular flexibility index (Phi) is 6.31. The fraction of sp³-hybridized carbons (Fsp3) is 0.696. The number of fused-ring (bicyclic) bond motifs is 2. The van der Waals surface area contributed by atoms with Crippen LogP contribution in [0.1, 0.15) is 38.2 Å². The Hall–Kier alpha value is -2.39. The number of hydrogen-bond donors (Lipinski definition) is 1. The van der Waals surface area contributed by atoms with E-state index in [-0.39, 0.29) is 17.5 Å². The van der Waals surface area contributed by atoms with Crippen molar-refractivity contribution in [2.24, 2.45) is 0 Å². The number of piperidine rings is 2. The van der Waals surface area contributed by atoms with Gasteiger partial charge in [-0.25, -0.2) is 14.6 Å². The molecule has 2 fully saturated rings. The molecule has 0 atom stereocenters. The molecule has 9 heteroatoms. The number of likely N-dealkylation sites (tertiary alicyclic amines) is 2. The molecule has 1 aromatic heterocycles. The van der Waals surface area contributed by atoms with Gasteiger partial charge < -0.3 is 24.5 Å². The number of β-amino-alcohol motifs (C(OH)–C–C–N with tert-alkyl or cyclic N) is 1. The third kappa shape index (κ3) is 4.28. The monoisotopic (exact) mass is 445 g/mol. The van der Waals surface area contributed by atoms with Crippen molar-refractivity contribution >= 4 is 17.9 Å². The van der Waals surface area contributed by atoms with E-state index < -0.39 is 5.60 Å². The molecule has 0 saturated carbocycles. The molecule has 4 heterocycles. The summed E-state index contributed by atoms with van der Waals surface area (Å²) in [6.45, 7) is 6.20. The SMILES string of the molecule is CCOC(=O)N1CCC(O)(CN2CCC3(CC2)CN(C(=O)N(C)C)c2ncccc23)CC1. The van der Waals surface area contributed by atoms with Crippen molar-refractivity contribution < 1.29 is 19.4 Å². The van der Waals surface area contributed by atoms with Crippen molar-refractivity contribution in [3.05, 3.63) is 23.9 Å². The number of aliphatic hydroxyl groups is 1. The van der Waals surface area contributed by atoms with Crippen LogP contribution >= 0.6 is 0 Å². The van der Waals surface area contributed by atoms with Crippen LogP contribution in [0.25, 0.3) is 0 Å². The number of ether oxygens (including phenoxy) is 1. The van der Waals surface area contributed by atoms with Gasteiger partial charge in [0.25, 0.3) is 0 Å². The predicted molar refractivity (Wildman–Crippen MR) is 121 cm³/mol. The van der Waals surface area contributed by atoms with Crippen LogP contribution in [0.3, 0.4) is 0 Å². The van der Waals surface area contributed by atoms with Gasteiger partial charge in [-0.3, -0.25) is 4.90 Å². The molecule has 0 bridgehead atoms. The quantitative estimate of drug-likeness (QED) is 0.765. The van der Waals surface area contributed by atoms with E-state index in [0.717, 1.165) is 37.3 Å². The van der Waals surface area contributed by atoms with Crippen molar-refractivity contribution in [3.63, 3.8) is 0 Å². The van der Waals surface area contributed by atoms with Crippen molar-refractivity contribution in [1.82, 2.24) is 19.7 Å². The van der Waals surface area contributed by atoms with Crippen molar-refractivity contribution in [3.8, 4) is 0 Å². The minimum absolute atomic E-state index is 0.0353. The summed E-state index contributed by atoms with van der Waals surface area (Å²) in [4.78, 5) is 36.6. The zero-order valence-corrected chi connectivity index (χ0v) is 19.4. The second-order valence-electron chi connectivity index (χ2n) is 9.60. The second kappa shape index (κ2) is 8.86. The zero-order chi connectivity index (χ0) is 22.9. The minimum atomic E-state index is -0.782. The van der Waals surface area contributed by atoms with Gasteiger partial charge in [0.05, 0.1) is 12.2 Å². The molecule has 1 N–H and O–H groups in total. The number of carbonyl (C=O) groups is 2. The van der Waals surface area contributed by atoms with Gasteiger partial charge in [0.15, 0.2) is 0 Å². The van der Waals surface area contributed by atoms with Crippen LogP contribution in [0, 0.1) is 0 Å². The number of anilines is 1. The highest BCUT2D eigenvalue weighted by molar-refractivity contribution is 5.93. The molecule has 2 saturated heterocycles. The van der Waals surface area contributed by atoms with E-state index in [4.69, 9.17) is 4.74 Å². The van der Waals surface area contributed by atoms with E-state index in [1.807, 2.05) is 11.0 Å². The van der Waals surface area contributed by atoms with E-state index in [1.165, 1.54) is 0 Å². The summed E-state index contributed by atoms with van der Waals surface area (Å²) >= 11 is 0. The molecule has 0 radical (unpaired) electrons. The fourth-order valence-electron chi connectivity index (χ4n) is 5.35. The number of hydrogen-bond acceptors (Lipinski definition) is 6. The summed E-state index contributed by atoms with van der Waals surface area (Å²) in [6, 6.07) is 4.03. The molecule has 1 spiro atoms. The predicted octanol–water partition coefficient (Wildman–Crippen LogP) is 1.90. The van der Waals surface area contributed by atoms with Crippen molar-refractivity contribution in [2.45, 2.75) is 43.6 Å². The van der Waals surface area contributed by atoms with Crippen LogP contribution < -0.4 is 4.90 Å². The number of amides is 3. The molecule has 3 amide bonds. The topological polar surface area (TPSA) is 89.4 Å². The maximum atomic E-state index is 12.7. The number of carbonyl (C=O) groups excluding carboxylic acids is 2. The van der Waals surface area contributed by atoms with E-state index >= 15 is 0 Å². The summed E-state index contributed by atoms with van der Waals surface area (Å²) in [5, 5.41) is 11.2.